The summed E-state index contributed by atoms with van der Waals surface area (Å²) in [5.41, 5.74) is 4.57. The molecule has 0 fully saturated rings. The van der Waals surface area contributed by atoms with Crippen molar-refractivity contribution in [1.29, 1.82) is 0 Å². The summed E-state index contributed by atoms with van der Waals surface area (Å²) < 4.78 is 10.9. The molecule has 178 valence electrons. The number of amides is 3. The lowest BCUT2D eigenvalue weighted by atomic mass is 10.1. The number of nitrogens with zero attached hydrogens (tertiary/aromatic N) is 1. The van der Waals surface area contributed by atoms with E-state index in [2.05, 4.69) is 21.1 Å². The third kappa shape index (κ3) is 6.70. The van der Waals surface area contributed by atoms with Crippen LogP contribution in [0.2, 0.25) is 0 Å². The lowest BCUT2D eigenvalue weighted by molar-refractivity contribution is -0.115. The summed E-state index contributed by atoms with van der Waals surface area (Å²) in [4.78, 5) is 24.5. The molecule has 8 nitrogen and oxygen atoms in total. The normalized spacial score (nSPS) is 10.5. The molecule has 1 heterocycles. The first-order valence-electron chi connectivity index (χ1n) is 11.1. The lowest BCUT2D eigenvalue weighted by Crippen LogP contribution is -2.19. The van der Waals surface area contributed by atoms with Crippen molar-refractivity contribution in [2.45, 2.75) is 26.9 Å². The number of para-hydroxylation sites is 1. The van der Waals surface area contributed by atoms with Crippen LogP contribution in [0.25, 0.3) is 0 Å². The Bertz CT molecular complexity index is 1260. The van der Waals surface area contributed by atoms with E-state index in [1.165, 1.54) is 0 Å². The van der Waals surface area contributed by atoms with E-state index in [9.17, 15) is 9.59 Å². The highest BCUT2D eigenvalue weighted by molar-refractivity contribution is 6.00. The first-order chi connectivity index (χ1) is 17.0. The molecule has 3 aromatic carbocycles. The monoisotopic (exact) mass is 470 g/mol. The number of anilines is 3. The molecule has 8 heteroatoms. The van der Waals surface area contributed by atoms with Gasteiger partial charge >= 0.3 is 6.03 Å². The number of benzene rings is 3. The number of carbonyl (C=O) groups is 2. The molecule has 0 radical (unpaired) electrons. The predicted octanol–water partition coefficient (Wildman–Crippen LogP) is 5.70. The van der Waals surface area contributed by atoms with Crippen molar-refractivity contribution >= 4 is 29.0 Å². The first kappa shape index (κ1) is 23.6. The average molecular weight is 471 g/mol. The molecule has 0 atom stereocenters. The Hall–Kier alpha value is -4.59. The second kappa shape index (κ2) is 11.0. The summed E-state index contributed by atoms with van der Waals surface area (Å²) in [5.74, 6) is 1.31. The number of nitrogens with one attached hydrogen (secondary N) is 3. The Morgan fingerprint density at radius 2 is 1.40 bits per heavy atom. The van der Waals surface area contributed by atoms with Gasteiger partial charge in [0.25, 0.3) is 0 Å². The summed E-state index contributed by atoms with van der Waals surface area (Å²) in [6.07, 6.45) is 0.226. The number of carbonyl (C=O) groups excluding carboxylic acids is 2. The highest BCUT2D eigenvalue weighted by Crippen LogP contribution is 2.19. The van der Waals surface area contributed by atoms with E-state index < -0.39 is 0 Å². The van der Waals surface area contributed by atoms with Crippen LogP contribution in [-0.2, 0) is 17.8 Å². The van der Waals surface area contributed by atoms with Gasteiger partial charge in [-0.15, -0.1) is 0 Å². The van der Waals surface area contributed by atoms with Gasteiger partial charge in [-0.05, 0) is 67.9 Å². The van der Waals surface area contributed by atoms with Crippen LogP contribution in [0.1, 0.15) is 22.6 Å². The third-order valence-corrected chi connectivity index (χ3v) is 5.31. The van der Waals surface area contributed by atoms with Crippen molar-refractivity contribution in [2.24, 2.45) is 0 Å². The van der Waals surface area contributed by atoms with E-state index >= 15 is 0 Å². The topological polar surface area (TPSA) is 105 Å². The molecule has 3 amide bonds. The number of aryl methyl sites for hydroxylation is 2. The largest absolute Gasteiger partial charge is 0.489 e. The Balaban J connectivity index is 1.24. The van der Waals surface area contributed by atoms with Gasteiger partial charge in [0, 0.05) is 17.1 Å². The minimum atomic E-state index is -0.341. The van der Waals surface area contributed by atoms with Crippen molar-refractivity contribution in [3.05, 3.63) is 101 Å². The zero-order valence-corrected chi connectivity index (χ0v) is 19.5. The van der Waals surface area contributed by atoms with E-state index in [-0.39, 0.29) is 18.4 Å². The van der Waals surface area contributed by atoms with Gasteiger partial charge in [-0.1, -0.05) is 35.5 Å². The summed E-state index contributed by atoms with van der Waals surface area (Å²) >= 11 is 0. The summed E-state index contributed by atoms with van der Waals surface area (Å²) in [6.45, 7) is 4.11. The molecule has 0 unspecified atom stereocenters. The van der Waals surface area contributed by atoms with Gasteiger partial charge < -0.3 is 25.2 Å². The molecular weight excluding hydrogens is 444 g/mol. The molecule has 0 aliphatic carbocycles. The highest BCUT2D eigenvalue weighted by atomic mass is 16.5. The predicted molar refractivity (Wildman–Crippen MR) is 135 cm³/mol. The van der Waals surface area contributed by atoms with Gasteiger partial charge in [-0.2, -0.15) is 0 Å². The van der Waals surface area contributed by atoms with Gasteiger partial charge in [-0.3, -0.25) is 4.79 Å². The molecule has 0 aliphatic rings. The van der Waals surface area contributed by atoms with Crippen LogP contribution in [0.3, 0.4) is 0 Å². The van der Waals surface area contributed by atoms with Gasteiger partial charge in [-0.25, -0.2) is 4.79 Å². The van der Waals surface area contributed by atoms with Crippen molar-refractivity contribution in [2.75, 3.05) is 16.0 Å². The molecule has 4 rings (SSSR count). The number of aromatic nitrogens is 1. The Labute approximate surface area is 203 Å². The Morgan fingerprint density at radius 3 is 2.00 bits per heavy atom. The SMILES string of the molecule is Cc1noc(C)c1COc1ccc(CC(=O)Nc2ccc(NC(=O)Nc3ccccc3)cc2)cc1. The molecular formula is C27H26N4O4. The molecule has 0 saturated carbocycles. The van der Waals surface area contributed by atoms with Gasteiger partial charge in [0.1, 0.15) is 18.1 Å². The van der Waals surface area contributed by atoms with Crippen molar-refractivity contribution < 1.29 is 18.8 Å². The van der Waals surface area contributed by atoms with E-state index in [4.69, 9.17) is 9.26 Å². The maximum Gasteiger partial charge on any atom is 0.323 e. The molecule has 0 aliphatic heterocycles. The van der Waals surface area contributed by atoms with Crippen molar-refractivity contribution in [3.63, 3.8) is 0 Å². The Morgan fingerprint density at radius 1 is 0.800 bits per heavy atom. The number of hydrogen-bond acceptors (Lipinski definition) is 5. The zero-order valence-electron chi connectivity index (χ0n) is 19.5. The number of rotatable bonds is 8. The van der Waals surface area contributed by atoms with Crippen LogP contribution in [0.5, 0.6) is 5.75 Å². The average Bonchev–Trinajstić information content (AvgIpc) is 3.17. The fourth-order valence-corrected chi connectivity index (χ4v) is 3.41. The molecule has 1 aromatic heterocycles. The van der Waals surface area contributed by atoms with Crippen LogP contribution in [0.15, 0.2) is 83.4 Å². The minimum absolute atomic E-state index is 0.142. The lowest BCUT2D eigenvalue weighted by Gasteiger charge is -2.10. The molecule has 3 N–H and O–H groups in total. The third-order valence-electron chi connectivity index (χ3n) is 5.31. The molecule has 0 spiro atoms. The second-order valence-electron chi connectivity index (χ2n) is 7.98. The standard InChI is InChI=1S/C27H26N4O4/c1-18-25(19(2)35-31-18)17-34-24-14-8-20(9-15-24)16-26(32)28-22-10-12-23(13-11-22)30-27(33)29-21-6-4-3-5-7-21/h3-15H,16-17H2,1-2H3,(H,28,32)(H2,29,30,33). The van der Waals surface area contributed by atoms with Gasteiger partial charge in [0.15, 0.2) is 0 Å². The number of hydrogen-bond donors (Lipinski definition) is 3. The summed E-state index contributed by atoms with van der Waals surface area (Å²) in [6, 6.07) is 23.2. The Kier molecular flexibility index (Phi) is 7.42. The first-order valence-corrected chi connectivity index (χ1v) is 11.1. The van der Waals surface area contributed by atoms with Crippen LogP contribution in [0, 0.1) is 13.8 Å². The van der Waals surface area contributed by atoms with Crippen molar-refractivity contribution in [1.82, 2.24) is 5.16 Å². The second-order valence-corrected chi connectivity index (χ2v) is 7.98. The molecule has 0 bridgehead atoms. The molecule has 0 saturated heterocycles. The van der Waals surface area contributed by atoms with Crippen molar-refractivity contribution in [3.8, 4) is 5.75 Å². The maximum atomic E-state index is 12.4. The smallest absolute Gasteiger partial charge is 0.323 e. The fourth-order valence-electron chi connectivity index (χ4n) is 3.41. The maximum absolute atomic E-state index is 12.4. The van der Waals surface area contributed by atoms with Crippen LogP contribution in [0.4, 0.5) is 21.9 Å². The highest BCUT2D eigenvalue weighted by Gasteiger charge is 2.10. The zero-order chi connectivity index (χ0) is 24.6. The minimum Gasteiger partial charge on any atom is -0.489 e. The fraction of sp³-hybridized carbons (Fsp3) is 0.148. The summed E-state index contributed by atoms with van der Waals surface area (Å²) in [7, 11) is 0. The van der Waals surface area contributed by atoms with Crippen LogP contribution < -0.4 is 20.7 Å². The van der Waals surface area contributed by atoms with Gasteiger partial charge in [0.05, 0.1) is 17.7 Å². The van der Waals surface area contributed by atoms with E-state index in [1.807, 2.05) is 56.3 Å². The summed E-state index contributed by atoms with van der Waals surface area (Å²) in [5, 5.41) is 12.3. The van der Waals surface area contributed by atoms with Crippen LogP contribution >= 0.6 is 0 Å². The van der Waals surface area contributed by atoms with E-state index in [1.54, 1.807) is 36.4 Å². The van der Waals surface area contributed by atoms with E-state index in [0.717, 1.165) is 22.6 Å². The molecule has 35 heavy (non-hydrogen) atoms. The van der Waals surface area contributed by atoms with Gasteiger partial charge in [0.2, 0.25) is 5.91 Å². The number of urea groups is 1. The van der Waals surface area contributed by atoms with E-state index in [0.29, 0.717) is 29.4 Å². The quantitative estimate of drug-likeness (QED) is 0.307. The molecule has 4 aromatic rings. The van der Waals surface area contributed by atoms with Crippen LogP contribution in [-0.4, -0.2) is 17.1 Å². The number of ether oxygens (including phenoxy) is 1.